The van der Waals surface area contributed by atoms with Crippen LogP contribution in [0.25, 0.3) is 77.3 Å². The van der Waals surface area contributed by atoms with Crippen molar-refractivity contribution in [2.45, 2.75) is 60.3 Å². The summed E-state index contributed by atoms with van der Waals surface area (Å²) in [6, 6.07) is 37.4. The summed E-state index contributed by atoms with van der Waals surface area (Å²) < 4.78 is 19.0. The number of rotatable bonds is 9. The number of ketones is 1. The Labute approximate surface area is 317 Å². The van der Waals surface area contributed by atoms with Crippen molar-refractivity contribution in [2.75, 3.05) is 0 Å². The molecule has 1 radical (unpaired) electrons. The van der Waals surface area contributed by atoms with E-state index < -0.39 is 0 Å². The minimum atomic E-state index is 0. The molecule has 0 aliphatic carbocycles. The second-order valence-corrected chi connectivity index (χ2v) is 13.1. The summed E-state index contributed by atoms with van der Waals surface area (Å²) in [6.07, 6.45) is 4.91. The van der Waals surface area contributed by atoms with E-state index in [0.29, 0.717) is 5.58 Å². The monoisotopic (exact) mass is 867 g/mol. The fourth-order valence-electron chi connectivity index (χ4n) is 7.19. The van der Waals surface area contributed by atoms with Crippen LogP contribution in [0.5, 0.6) is 0 Å². The maximum Gasteiger partial charge on any atom is 0.162 e. The van der Waals surface area contributed by atoms with Gasteiger partial charge in [-0.3, -0.25) is 4.79 Å². The molecule has 8 rings (SSSR count). The van der Waals surface area contributed by atoms with E-state index in [0.717, 1.165) is 103 Å². The molecule has 0 bridgehead atoms. The largest absolute Gasteiger partial charge is 0.512 e. The number of furan rings is 3. The molecular weight excluding hydrogens is 825 g/mol. The van der Waals surface area contributed by atoms with Gasteiger partial charge in [-0.25, -0.2) is 5.56 Å². The quantitative estimate of drug-likeness (QED) is 0.0888. The first-order valence-corrected chi connectivity index (χ1v) is 18.0. The summed E-state index contributed by atoms with van der Waals surface area (Å²) in [5, 5.41) is 15.1. The number of carbonyl (C=O) groups excluding carboxylic acids is 1. The molecule has 0 aliphatic rings. The van der Waals surface area contributed by atoms with E-state index in [9.17, 15) is 9.90 Å². The number of aliphatic hydroxyl groups excluding tert-OH is 1. The summed E-state index contributed by atoms with van der Waals surface area (Å²) in [7, 11) is 0. The average Bonchev–Trinajstić information content (AvgIpc) is 3.83. The third-order valence-corrected chi connectivity index (χ3v) is 10.2. The van der Waals surface area contributed by atoms with Crippen LogP contribution in [0.4, 0.5) is 0 Å². The Morgan fingerprint density at radius 3 is 1.90 bits per heavy atom. The number of hydrogen-bond acceptors (Lipinski definition) is 5. The van der Waals surface area contributed by atoms with Gasteiger partial charge in [-0.1, -0.05) is 93.2 Å². The predicted molar refractivity (Wildman–Crippen MR) is 208 cm³/mol. The second-order valence-electron chi connectivity index (χ2n) is 13.1. The first-order valence-electron chi connectivity index (χ1n) is 18.0. The van der Waals surface area contributed by atoms with Gasteiger partial charge >= 0.3 is 0 Å². The summed E-state index contributed by atoms with van der Waals surface area (Å²) in [5.41, 5.74) is 7.85. The van der Waals surface area contributed by atoms with Gasteiger partial charge in [0, 0.05) is 65.5 Å². The van der Waals surface area contributed by atoms with E-state index in [1.54, 1.807) is 0 Å². The van der Waals surface area contributed by atoms with Crippen LogP contribution in [0.1, 0.15) is 58.9 Å². The molecule has 1 N–H and O–H groups in total. The molecule has 3 aromatic heterocycles. The van der Waals surface area contributed by atoms with Gasteiger partial charge in [-0.15, -0.1) is 12.1 Å². The molecule has 5 nitrogen and oxygen atoms in total. The third-order valence-electron chi connectivity index (χ3n) is 10.2. The molecule has 0 saturated heterocycles. The van der Waals surface area contributed by atoms with Crippen molar-refractivity contribution in [3.05, 3.63) is 121 Å². The Kier molecular flexibility index (Phi) is 11.2. The fraction of sp³-hybridized carbons (Fsp3) is 0.239. The van der Waals surface area contributed by atoms with Gasteiger partial charge in [0.15, 0.2) is 5.78 Å². The van der Waals surface area contributed by atoms with Gasteiger partial charge in [0.1, 0.15) is 22.5 Å². The SMILES string of the molecule is CCC(CC)C(=O)/C=C(\O)C(CC)CC.Cc1c(-c2cc[c-]c(-c3[c-]c4oc5ccccc5c4c4c3oc3ccccc34)c2)oc2ccccc12.[Ir]. The first kappa shape index (κ1) is 36.9. The number of benzene rings is 5. The Morgan fingerprint density at radius 1 is 0.731 bits per heavy atom. The average molecular weight is 867 g/mol. The molecular formula is C46H42IrO5-2. The zero-order valence-electron chi connectivity index (χ0n) is 30.1. The maximum absolute atomic E-state index is 11.7. The minimum absolute atomic E-state index is 0. The van der Waals surface area contributed by atoms with E-state index in [1.807, 2.05) is 94.4 Å². The van der Waals surface area contributed by atoms with Gasteiger partial charge in [0.2, 0.25) is 0 Å². The third kappa shape index (κ3) is 6.74. The molecule has 0 fully saturated rings. The molecule has 0 aliphatic heterocycles. The molecule has 0 saturated carbocycles. The van der Waals surface area contributed by atoms with Crippen molar-refractivity contribution >= 4 is 60.6 Å². The zero-order valence-corrected chi connectivity index (χ0v) is 32.5. The van der Waals surface area contributed by atoms with Crippen molar-refractivity contribution in [1.82, 2.24) is 0 Å². The smallest absolute Gasteiger partial charge is 0.162 e. The van der Waals surface area contributed by atoms with E-state index in [1.165, 1.54) is 6.08 Å². The topological polar surface area (TPSA) is 76.7 Å². The van der Waals surface area contributed by atoms with Crippen molar-refractivity contribution in [1.29, 1.82) is 0 Å². The summed E-state index contributed by atoms with van der Waals surface area (Å²) in [5.74, 6) is 1.41. The summed E-state index contributed by atoms with van der Waals surface area (Å²) in [4.78, 5) is 11.7. The van der Waals surface area contributed by atoms with Gasteiger partial charge in [-0.05, 0) is 61.6 Å². The molecule has 0 amide bonds. The van der Waals surface area contributed by atoms with Crippen LogP contribution in [-0.2, 0) is 24.9 Å². The maximum atomic E-state index is 11.7. The first-order chi connectivity index (χ1) is 24.9. The van der Waals surface area contributed by atoms with Crippen LogP contribution in [0, 0.1) is 30.9 Å². The molecule has 5 aromatic carbocycles. The standard InChI is InChI=1S/C33H18O3.C13H24O2.Ir/c1-19-22-11-2-5-14-26(22)35-32(19)21-10-8-9-20(17-21)25-18-29-30(23-12-3-6-15-27(23)34-29)31-24-13-4-7-16-28(24)36-33(25)31;1-5-10(6-2)12(14)9-13(15)11(7-3)8-4;/h2-8,10-17H,1H3;9-11,14H,5-8H2,1-4H3;/q-2;;/b;12-9-;. The van der Waals surface area contributed by atoms with Gasteiger partial charge in [0.05, 0.1) is 5.76 Å². The van der Waals surface area contributed by atoms with Crippen molar-refractivity contribution < 1.29 is 43.3 Å². The fourth-order valence-corrected chi connectivity index (χ4v) is 7.19. The van der Waals surface area contributed by atoms with Crippen molar-refractivity contribution in [2.24, 2.45) is 11.8 Å². The Balaban J connectivity index is 0.000000250. The number of para-hydroxylation sites is 3. The van der Waals surface area contributed by atoms with Crippen molar-refractivity contribution in [3.8, 4) is 22.5 Å². The normalized spacial score (nSPS) is 11.9. The van der Waals surface area contributed by atoms with Gasteiger partial charge < -0.3 is 18.4 Å². The number of carbonyl (C=O) groups is 1. The second kappa shape index (κ2) is 15.8. The van der Waals surface area contributed by atoms with Crippen LogP contribution < -0.4 is 0 Å². The van der Waals surface area contributed by atoms with Crippen molar-refractivity contribution in [3.63, 3.8) is 0 Å². The molecule has 0 atom stereocenters. The van der Waals surface area contributed by atoms with E-state index in [4.69, 9.17) is 13.3 Å². The number of fused-ring (bicyclic) bond motifs is 8. The molecule has 3 heterocycles. The number of aliphatic hydroxyl groups is 1. The molecule has 0 spiro atoms. The van der Waals surface area contributed by atoms with E-state index in [2.05, 4.69) is 43.3 Å². The zero-order chi connectivity index (χ0) is 35.6. The molecule has 267 valence electrons. The Morgan fingerprint density at radius 2 is 1.29 bits per heavy atom. The number of hydrogen-bond donors (Lipinski definition) is 1. The predicted octanol–water partition coefficient (Wildman–Crippen LogP) is 13.3. The van der Waals surface area contributed by atoms with Gasteiger partial charge in [0.25, 0.3) is 0 Å². The number of aryl methyl sites for hydroxylation is 1. The minimum Gasteiger partial charge on any atom is -0.512 e. The molecule has 52 heavy (non-hydrogen) atoms. The van der Waals surface area contributed by atoms with E-state index in [-0.39, 0.29) is 43.5 Å². The molecule has 8 aromatic rings. The summed E-state index contributed by atoms with van der Waals surface area (Å²) in [6.45, 7) is 10.2. The molecule has 0 unspecified atom stereocenters. The Hall–Kier alpha value is -4.90. The number of allylic oxidation sites excluding steroid dienone is 2. The van der Waals surface area contributed by atoms with Crippen LogP contribution in [0.2, 0.25) is 0 Å². The summed E-state index contributed by atoms with van der Waals surface area (Å²) >= 11 is 0. The molecule has 6 heteroatoms. The van der Waals surface area contributed by atoms with Gasteiger partial charge in [-0.2, -0.15) is 23.8 Å². The van der Waals surface area contributed by atoms with Crippen LogP contribution in [0.15, 0.2) is 116 Å². The van der Waals surface area contributed by atoms with Crippen LogP contribution >= 0.6 is 0 Å². The van der Waals surface area contributed by atoms with Crippen LogP contribution in [0.3, 0.4) is 0 Å². The van der Waals surface area contributed by atoms with E-state index >= 15 is 0 Å². The van der Waals surface area contributed by atoms with Crippen LogP contribution in [-0.4, -0.2) is 10.9 Å². The Bertz CT molecular complexity index is 2540.